The van der Waals surface area contributed by atoms with Crippen LogP contribution >= 0.6 is 0 Å². The van der Waals surface area contributed by atoms with Crippen molar-refractivity contribution in [1.82, 2.24) is 19.6 Å². The van der Waals surface area contributed by atoms with Crippen LogP contribution in [-0.4, -0.2) is 58.1 Å². The molecule has 0 aliphatic carbocycles. The van der Waals surface area contributed by atoms with E-state index in [9.17, 15) is 9.59 Å². The zero-order chi connectivity index (χ0) is 18.0. The van der Waals surface area contributed by atoms with E-state index in [0.717, 1.165) is 49.9 Å². The number of rotatable bonds is 4. The molecule has 138 valence electrons. The zero-order valence-corrected chi connectivity index (χ0v) is 15.5. The highest BCUT2D eigenvalue weighted by molar-refractivity contribution is 5.85. The van der Waals surface area contributed by atoms with Crippen molar-refractivity contribution in [1.29, 1.82) is 0 Å². The summed E-state index contributed by atoms with van der Waals surface area (Å²) in [6, 6.07) is -0.0155. The maximum atomic E-state index is 12.9. The second kappa shape index (κ2) is 7.45. The van der Waals surface area contributed by atoms with Crippen molar-refractivity contribution in [3.8, 4) is 5.88 Å². The van der Waals surface area contributed by atoms with Gasteiger partial charge >= 0.3 is 0 Å². The third-order valence-electron chi connectivity index (χ3n) is 5.31. The Balaban J connectivity index is 1.77. The van der Waals surface area contributed by atoms with E-state index in [2.05, 4.69) is 5.10 Å². The molecule has 1 aromatic rings. The van der Waals surface area contributed by atoms with Gasteiger partial charge in [-0.2, -0.15) is 5.10 Å². The molecule has 2 saturated heterocycles. The van der Waals surface area contributed by atoms with Gasteiger partial charge in [-0.15, -0.1) is 0 Å². The Morgan fingerprint density at radius 2 is 2.04 bits per heavy atom. The van der Waals surface area contributed by atoms with E-state index in [0.29, 0.717) is 18.8 Å². The van der Waals surface area contributed by atoms with Gasteiger partial charge in [-0.05, 0) is 32.6 Å². The van der Waals surface area contributed by atoms with Gasteiger partial charge in [0, 0.05) is 26.6 Å². The molecule has 2 amide bonds. The van der Waals surface area contributed by atoms with Crippen molar-refractivity contribution >= 4 is 11.8 Å². The second-order valence-electron chi connectivity index (χ2n) is 7.00. The van der Waals surface area contributed by atoms with Crippen LogP contribution in [-0.2, 0) is 16.6 Å². The topological polar surface area (TPSA) is 67.7 Å². The molecular formula is C18H28N4O3. The van der Waals surface area contributed by atoms with Gasteiger partial charge in [0.2, 0.25) is 17.7 Å². The highest BCUT2D eigenvalue weighted by atomic mass is 16.5. The molecule has 0 radical (unpaired) electrons. The molecule has 0 spiro atoms. The van der Waals surface area contributed by atoms with E-state index in [1.54, 1.807) is 16.7 Å². The quantitative estimate of drug-likeness (QED) is 0.832. The maximum Gasteiger partial charge on any atom is 0.242 e. The number of likely N-dealkylation sites (tertiary alicyclic amines) is 2. The van der Waals surface area contributed by atoms with Gasteiger partial charge in [0.25, 0.3) is 0 Å². The van der Waals surface area contributed by atoms with E-state index in [1.165, 1.54) is 0 Å². The first-order valence-electron chi connectivity index (χ1n) is 9.17. The van der Waals surface area contributed by atoms with Crippen LogP contribution in [0.25, 0.3) is 0 Å². The van der Waals surface area contributed by atoms with Gasteiger partial charge in [0.1, 0.15) is 0 Å². The van der Waals surface area contributed by atoms with Crippen LogP contribution < -0.4 is 4.74 Å². The fourth-order valence-electron chi connectivity index (χ4n) is 4.10. The molecule has 7 heteroatoms. The Morgan fingerprint density at radius 1 is 1.24 bits per heavy atom. The number of amides is 2. The Labute approximate surface area is 148 Å². The monoisotopic (exact) mass is 348 g/mol. The highest BCUT2D eigenvalue weighted by Gasteiger charge is 2.35. The molecule has 2 aliphatic rings. The normalized spacial score (nSPS) is 21.6. The number of hydrogen-bond donors (Lipinski definition) is 0. The molecule has 2 aliphatic heterocycles. The van der Waals surface area contributed by atoms with Crippen LogP contribution in [0.2, 0.25) is 0 Å². The summed E-state index contributed by atoms with van der Waals surface area (Å²) in [6.07, 6.45) is 5.41. The Kier molecular flexibility index (Phi) is 5.30. The average molecular weight is 348 g/mol. The summed E-state index contributed by atoms with van der Waals surface area (Å²) in [6.45, 7) is 3.56. The fourth-order valence-corrected chi connectivity index (χ4v) is 4.10. The van der Waals surface area contributed by atoms with Crippen molar-refractivity contribution in [2.75, 3.05) is 26.7 Å². The third kappa shape index (κ3) is 3.50. The number of carbonyl (C=O) groups is 2. The molecule has 0 saturated carbocycles. The summed E-state index contributed by atoms with van der Waals surface area (Å²) in [5.74, 6) is 0.854. The summed E-state index contributed by atoms with van der Waals surface area (Å²) >= 11 is 0. The van der Waals surface area contributed by atoms with Crippen LogP contribution in [0.5, 0.6) is 5.88 Å². The fraction of sp³-hybridized carbons (Fsp3) is 0.722. The minimum absolute atomic E-state index is 0.0155. The molecule has 25 heavy (non-hydrogen) atoms. The number of carbonyl (C=O) groups excluding carboxylic acids is 2. The lowest BCUT2D eigenvalue weighted by molar-refractivity contribution is -0.140. The van der Waals surface area contributed by atoms with Gasteiger partial charge in [0.05, 0.1) is 31.0 Å². The predicted molar refractivity (Wildman–Crippen MR) is 93.2 cm³/mol. The average Bonchev–Trinajstić information content (AvgIpc) is 3.10. The molecule has 0 aromatic carbocycles. The molecule has 1 aromatic heterocycles. The summed E-state index contributed by atoms with van der Waals surface area (Å²) in [5, 5.41) is 4.45. The summed E-state index contributed by atoms with van der Waals surface area (Å²) in [7, 11) is 3.49. The molecule has 1 atom stereocenters. The van der Waals surface area contributed by atoms with Crippen molar-refractivity contribution in [2.45, 2.75) is 51.5 Å². The minimum atomic E-state index is -0.0155. The van der Waals surface area contributed by atoms with Crippen LogP contribution in [0.15, 0.2) is 0 Å². The van der Waals surface area contributed by atoms with Crippen LogP contribution in [0.4, 0.5) is 0 Å². The first-order chi connectivity index (χ1) is 12.0. The molecule has 3 rings (SSSR count). The number of aryl methyl sites for hydroxylation is 2. The number of methoxy groups -OCH3 is 1. The van der Waals surface area contributed by atoms with Crippen LogP contribution in [0, 0.1) is 6.92 Å². The molecule has 7 nitrogen and oxygen atoms in total. The maximum absolute atomic E-state index is 12.9. The number of hydrogen-bond acceptors (Lipinski definition) is 4. The van der Waals surface area contributed by atoms with Crippen molar-refractivity contribution in [2.24, 2.45) is 7.05 Å². The first kappa shape index (κ1) is 17.8. The molecular weight excluding hydrogens is 320 g/mol. The van der Waals surface area contributed by atoms with Gasteiger partial charge in [0.15, 0.2) is 0 Å². The SMILES string of the molecule is COc1c(C2CCCN2C(=O)CN2CCCCCC2=O)c(C)nn1C. The third-order valence-corrected chi connectivity index (χ3v) is 5.31. The van der Waals surface area contributed by atoms with E-state index in [4.69, 9.17) is 4.74 Å². The number of ether oxygens (including phenoxy) is 1. The summed E-state index contributed by atoms with van der Waals surface area (Å²) in [5.41, 5.74) is 1.90. The van der Waals surface area contributed by atoms with Gasteiger partial charge in [-0.3, -0.25) is 9.59 Å². The van der Waals surface area contributed by atoms with Gasteiger partial charge in [-0.25, -0.2) is 4.68 Å². The van der Waals surface area contributed by atoms with E-state index < -0.39 is 0 Å². The first-order valence-corrected chi connectivity index (χ1v) is 9.17. The second-order valence-corrected chi connectivity index (χ2v) is 7.00. The van der Waals surface area contributed by atoms with Crippen molar-refractivity contribution in [3.63, 3.8) is 0 Å². The van der Waals surface area contributed by atoms with E-state index in [1.807, 2.05) is 18.9 Å². The number of nitrogens with zero attached hydrogens (tertiary/aromatic N) is 4. The smallest absolute Gasteiger partial charge is 0.242 e. The Bertz CT molecular complexity index is 655. The zero-order valence-electron chi connectivity index (χ0n) is 15.5. The summed E-state index contributed by atoms with van der Waals surface area (Å²) < 4.78 is 7.25. The summed E-state index contributed by atoms with van der Waals surface area (Å²) in [4.78, 5) is 28.8. The lowest BCUT2D eigenvalue weighted by Crippen LogP contribution is -2.42. The Hall–Kier alpha value is -2.05. The van der Waals surface area contributed by atoms with Crippen molar-refractivity contribution in [3.05, 3.63) is 11.3 Å². The lowest BCUT2D eigenvalue weighted by atomic mass is 10.0. The minimum Gasteiger partial charge on any atom is -0.481 e. The van der Waals surface area contributed by atoms with Crippen molar-refractivity contribution < 1.29 is 14.3 Å². The van der Waals surface area contributed by atoms with Gasteiger partial charge < -0.3 is 14.5 Å². The lowest BCUT2D eigenvalue weighted by Gasteiger charge is -2.28. The molecule has 0 N–H and O–H groups in total. The highest BCUT2D eigenvalue weighted by Crippen LogP contribution is 2.38. The van der Waals surface area contributed by atoms with Crippen LogP contribution in [0.3, 0.4) is 0 Å². The van der Waals surface area contributed by atoms with E-state index >= 15 is 0 Å². The largest absolute Gasteiger partial charge is 0.481 e. The molecule has 1 unspecified atom stereocenters. The van der Waals surface area contributed by atoms with Crippen LogP contribution in [0.1, 0.15) is 55.8 Å². The predicted octanol–water partition coefficient (Wildman–Crippen LogP) is 1.80. The standard InChI is InChI=1S/C18H28N4O3/c1-13-17(18(25-3)20(2)19-13)14-8-7-11-22(14)16(24)12-21-10-6-4-5-9-15(21)23/h14H,4-12H2,1-3H3. The molecule has 2 fully saturated rings. The number of aromatic nitrogens is 2. The molecule has 0 bridgehead atoms. The molecule has 3 heterocycles. The van der Waals surface area contributed by atoms with Gasteiger partial charge in [-0.1, -0.05) is 6.42 Å². The Morgan fingerprint density at radius 3 is 2.80 bits per heavy atom. The van der Waals surface area contributed by atoms with E-state index in [-0.39, 0.29) is 24.4 Å².